The molecule has 3 amide bonds. The Hall–Kier alpha value is -0.840. The van der Waals surface area contributed by atoms with E-state index in [2.05, 4.69) is 25.8 Å². The highest BCUT2D eigenvalue weighted by atomic mass is 32.2. The quantitative estimate of drug-likeness (QED) is 0.221. The van der Waals surface area contributed by atoms with Gasteiger partial charge >= 0.3 is 6.03 Å². The number of hydrogen-bond donors (Lipinski definition) is 3. The van der Waals surface area contributed by atoms with E-state index in [1.165, 1.54) is 0 Å². The number of nitrogens with one attached hydrogen (secondary N) is 3. The minimum Gasteiger partial charge on any atom is -0.411 e. The lowest BCUT2D eigenvalue weighted by Crippen LogP contribution is -2.49. The van der Waals surface area contributed by atoms with Crippen LogP contribution in [0.2, 0.25) is 0 Å². The molecule has 3 aliphatic rings. The second-order valence-electron chi connectivity index (χ2n) is 7.31. The number of hydrogen-bond acceptors (Lipinski definition) is 6. The normalized spacial score (nSPS) is 27.8. The zero-order valence-electron chi connectivity index (χ0n) is 15.4. The van der Waals surface area contributed by atoms with Gasteiger partial charge < -0.3 is 45.7 Å². The first-order valence-corrected chi connectivity index (χ1v) is 11.5. The van der Waals surface area contributed by atoms with Gasteiger partial charge in [0.1, 0.15) is 0 Å². The molecule has 0 saturated carbocycles. The van der Waals surface area contributed by atoms with E-state index in [-0.39, 0.29) is 24.0 Å². The average molecular weight is 431 g/mol. The number of fused-ring (bicyclic) bond motifs is 1. The van der Waals surface area contributed by atoms with E-state index in [0.29, 0.717) is 22.5 Å². The number of unbranched alkanes of at least 4 members (excludes halogenated alkanes) is 1. The first-order chi connectivity index (χ1) is 13.0. The Morgan fingerprint density at radius 3 is 2.78 bits per heavy atom. The molecule has 0 aromatic rings. The highest BCUT2D eigenvalue weighted by Crippen LogP contribution is 2.33. The van der Waals surface area contributed by atoms with Crippen molar-refractivity contribution in [1.82, 2.24) is 25.8 Å². The summed E-state index contributed by atoms with van der Waals surface area (Å²) in [7, 11) is 0. The van der Waals surface area contributed by atoms with Gasteiger partial charge in [0.25, 0.3) is 0 Å². The maximum Gasteiger partial charge on any atom is 0.315 e. The van der Waals surface area contributed by atoms with Crippen molar-refractivity contribution in [2.75, 3.05) is 45.0 Å². The number of nitrogens with zero attached hydrogens (tertiary/aromatic N) is 2. The average Bonchev–Trinajstić information content (AvgIpc) is 3.18. The molecule has 3 N–H and O–H groups in total. The molecule has 10 heteroatoms. The van der Waals surface area contributed by atoms with Crippen LogP contribution in [0.1, 0.15) is 25.7 Å². The second-order valence-corrected chi connectivity index (χ2v) is 9.62. The number of rotatable bonds is 8. The molecule has 0 bridgehead atoms. The predicted molar refractivity (Wildman–Crippen MR) is 115 cm³/mol. The largest absolute Gasteiger partial charge is 0.411 e. The first-order valence-electron chi connectivity index (χ1n) is 9.66. The summed E-state index contributed by atoms with van der Waals surface area (Å²) in [4.78, 5) is 27.8. The fraction of sp³-hybridized carbons (Fsp3) is 0.824. The van der Waals surface area contributed by atoms with Crippen LogP contribution in [0.25, 0.3) is 0 Å². The molecule has 152 valence electrons. The molecule has 0 aliphatic carbocycles. The molecule has 3 heterocycles. The Morgan fingerprint density at radius 1 is 1.26 bits per heavy atom. The monoisotopic (exact) mass is 430 g/mol. The van der Waals surface area contributed by atoms with Crippen molar-refractivity contribution in [3.8, 4) is 0 Å². The summed E-state index contributed by atoms with van der Waals surface area (Å²) in [5.74, 6) is 1.12. The van der Waals surface area contributed by atoms with Crippen LogP contribution in [0.15, 0.2) is 0 Å². The van der Waals surface area contributed by atoms with Gasteiger partial charge in [-0.05, 0) is 12.8 Å². The van der Waals surface area contributed by atoms with Crippen LogP contribution < -0.4 is 16.0 Å². The number of carbonyl (C=O) groups is 2. The molecular weight excluding hydrogens is 402 g/mol. The third-order valence-electron chi connectivity index (χ3n) is 5.46. The van der Waals surface area contributed by atoms with Gasteiger partial charge in [-0.2, -0.15) is 11.8 Å². The summed E-state index contributed by atoms with van der Waals surface area (Å²) in [5, 5.41) is 9.47. The molecule has 3 aliphatic heterocycles. The number of piperazine rings is 1. The lowest BCUT2D eigenvalue weighted by molar-refractivity contribution is -0.121. The van der Waals surface area contributed by atoms with E-state index in [0.717, 1.165) is 57.7 Å². The number of amides is 3. The molecule has 3 rings (SSSR count). The maximum absolute atomic E-state index is 12.0. The topological polar surface area (TPSA) is 76.7 Å². The van der Waals surface area contributed by atoms with Crippen molar-refractivity contribution in [3.63, 3.8) is 0 Å². The van der Waals surface area contributed by atoms with Crippen molar-refractivity contribution in [2.24, 2.45) is 0 Å². The molecule has 0 spiro atoms. The van der Waals surface area contributed by atoms with Gasteiger partial charge in [-0.1, -0.05) is 10.7 Å². The molecular formula is C17H28N5O2S3-. The minimum atomic E-state index is -0.0389. The Kier molecular flexibility index (Phi) is 7.80. The van der Waals surface area contributed by atoms with Gasteiger partial charge in [-0.25, -0.2) is 4.79 Å². The number of thioether (sulfide) groups is 1. The van der Waals surface area contributed by atoms with E-state index in [9.17, 15) is 9.59 Å². The molecule has 7 nitrogen and oxygen atoms in total. The summed E-state index contributed by atoms with van der Waals surface area (Å²) in [6.07, 6.45) is 3.55. The van der Waals surface area contributed by atoms with Crippen molar-refractivity contribution < 1.29 is 9.59 Å². The van der Waals surface area contributed by atoms with Gasteiger partial charge in [0.05, 0.1) is 12.1 Å². The van der Waals surface area contributed by atoms with Crippen LogP contribution in [0.5, 0.6) is 0 Å². The van der Waals surface area contributed by atoms with Crippen molar-refractivity contribution >= 4 is 52.9 Å². The summed E-state index contributed by atoms with van der Waals surface area (Å²) in [6, 6.07) is 0.495. The molecule has 0 radical (unpaired) electrons. The number of thiocarbonyl (C=S) groups is 1. The van der Waals surface area contributed by atoms with Crippen molar-refractivity contribution in [1.29, 1.82) is 0 Å². The van der Waals surface area contributed by atoms with Crippen molar-refractivity contribution in [3.05, 3.63) is 0 Å². The highest BCUT2D eigenvalue weighted by Gasteiger charge is 2.42. The van der Waals surface area contributed by atoms with Crippen LogP contribution in [-0.2, 0) is 17.4 Å². The first kappa shape index (κ1) is 20.9. The Bertz CT molecular complexity index is 557. The lowest BCUT2D eigenvalue weighted by atomic mass is 10.0. The molecule has 3 saturated heterocycles. The van der Waals surface area contributed by atoms with E-state index >= 15 is 0 Å². The second kappa shape index (κ2) is 10.1. The van der Waals surface area contributed by atoms with E-state index in [4.69, 9.17) is 24.8 Å². The Labute approximate surface area is 176 Å². The Morgan fingerprint density at radius 2 is 2.04 bits per heavy atom. The van der Waals surface area contributed by atoms with Gasteiger partial charge in [-0.3, -0.25) is 9.69 Å². The van der Waals surface area contributed by atoms with E-state index in [1.807, 2.05) is 11.8 Å². The van der Waals surface area contributed by atoms with E-state index in [1.54, 1.807) is 0 Å². The third kappa shape index (κ3) is 6.07. The van der Waals surface area contributed by atoms with Crippen LogP contribution in [-0.4, -0.2) is 88.4 Å². The molecule has 0 aromatic heterocycles. The summed E-state index contributed by atoms with van der Waals surface area (Å²) in [6.45, 7) is 5.22. The van der Waals surface area contributed by atoms with Gasteiger partial charge in [0.15, 0.2) is 0 Å². The fourth-order valence-corrected chi connectivity index (χ4v) is 5.78. The Balaban J connectivity index is 1.20. The van der Waals surface area contributed by atoms with Crippen LogP contribution in [0.4, 0.5) is 4.79 Å². The van der Waals surface area contributed by atoms with Crippen molar-refractivity contribution in [2.45, 2.75) is 43.0 Å². The van der Waals surface area contributed by atoms with E-state index < -0.39 is 0 Å². The smallest absolute Gasteiger partial charge is 0.315 e. The fourth-order valence-electron chi connectivity index (χ4n) is 3.87. The highest BCUT2D eigenvalue weighted by molar-refractivity contribution is 8.00. The van der Waals surface area contributed by atoms with Gasteiger partial charge in [-0.15, -0.1) is 0 Å². The number of carbonyl (C=O) groups excluding carboxylic acids is 2. The zero-order chi connectivity index (χ0) is 19.2. The maximum atomic E-state index is 12.0. The molecule has 3 unspecified atom stereocenters. The third-order valence-corrected chi connectivity index (χ3v) is 7.49. The predicted octanol–water partition coefficient (Wildman–Crippen LogP) is 0.278. The standard InChI is InChI=1S/C17H29N5O2S3/c23-14(18-5-6-21-7-9-22(10-8-21)17(25)26)4-2-1-3-13-15-12(11-27-13)19-16(24)20-15/h12-13,15H,1-11H2,(H,18,23)(H,25,26)(H2,19,20,24)/p-1. The van der Waals surface area contributed by atoms with Gasteiger partial charge in [0.2, 0.25) is 5.91 Å². The lowest BCUT2D eigenvalue weighted by Gasteiger charge is -2.38. The molecule has 3 atom stereocenters. The van der Waals surface area contributed by atoms with Crippen LogP contribution in [0.3, 0.4) is 0 Å². The molecule has 27 heavy (non-hydrogen) atoms. The van der Waals surface area contributed by atoms with Gasteiger partial charge in [0, 0.05) is 56.7 Å². The number of urea groups is 1. The minimum absolute atomic E-state index is 0.0389. The summed E-state index contributed by atoms with van der Waals surface area (Å²) < 4.78 is 0.557. The molecule has 3 fully saturated rings. The summed E-state index contributed by atoms with van der Waals surface area (Å²) in [5.41, 5.74) is 0. The van der Waals surface area contributed by atoms with Crippen LogP contribution >= 0.6 is 24.0 Å². The SMILES string of the molecule is O=C(CCCCC1SCC2NC(=O)NC21)NCCN1CCN(C(=S)[S-])CC1. The summed E-state index contributed by atoms with van der Waals surface area (Å²) >= 11 is 12.0. The zero-order valence-corrected chi connectivity index (χ0v) is 17.9. The molecule has 0 aromatic carbocycles. The van der Waals surface area contributed by atoms with Crippen LogP contribution in [0, 0.1) is 0 Å².